The highest BCUT2D eigenvalue weighted by Crippen LogP contribution is 2.27. The van der Waals surface area contributed by atoms with Gasteiger partial charge in [-0.15, -0.1) is 0 Å². The lowest BCUT2D eigenvalue weighted by atomic mass is 9.91. The van der Waals surface area contributed by atoms with Crippen molar-refractivity contribution in [1.29, 1.82) is 0 Å². The van der Waals surface area contributed by atoms with Gasteiger partial charge in [-0.1, -0.05) is 18.9 Å². The van der Waals surface area contributed by atoms with Gasteiger partial charge in [-0.05, 0) is 31.0 Å². The number of hydrogen-bond acceptors (Lipinski definition) is 6. The van der Waals surface area contributed by atoms with Crippen LogP contribution in [0.4, 0.5) is 21.7 Å². The van der Waals surface area contributed by atoms with Crippen LogP contribution in [-0.2, 0) is 0 Å². The van der Waals surface area contributed by atoms with E-state index in [4.69, 9.17) is 16.2 Å². The molecular weight excluding hydrogens is 349 g/mol. The summed E-state index contributed by atoms with van der Waals surface area (Å²) >= 11 is 0. The summed E-state index contributed by atoms with van der Waals surface area (Å²) in [6.45, 7) is 0. The van der Waals surface area contributed by atoms with E-state index in [0.29, 0.717) is 11.4 Å². The lowest BCUT2D eigenvalue weighted by molar-refractivity contribution is 0.100. The molecule has 1 amide bonds. The summed E-state index contributed by atoms with van der Waals surface area (Å²) in [6.07, 6.45) is 3.83. The van der Waals surface area contributed by atoms with Gasteiger partial charge in [0.1, 0.15) is 11.6 Å². The number of rotatable bonds is 6. The van der Waals surface area contributed by atoms with Crippen LogP contribution in [0.2, 0.25) is 0 Å². The lowest BCUT2D eigenvalue weighted by Gasteiger charge is -2.30. The first-order chi connectivity index (χ1) is 13.0. The van der Waals surface area contributed by atoms with E-state index >= 15 is 0 Å². The van der Waals surface area contributed by atoms with Crippen LogP contribution >= 0.6 is 0 Å². The molecule has 144 valence electrons. The number of nitrogens with two attached hydrogens (primary N) is 2. The van der Waals surface area contributed by atoms with Crippen LogP contribution in [0.25, 0.3) is 0 Å². The van der Waals surface area contributed by atoms with E-state index in [0.717, 1.165) is 31.7 Å². The average Bonchev–Trinajstić information content (AvgIpc) is 2.66. The van der Waals surface area contributed by atoms with Crippen molar-refractivity contribution in [2.75, 3.05) is 17.7 Å². The fourth-order valence-corrected chi connectivity index (χ4v) is 3.23. The zero-order valence-corrected chi connectivity index (χ0v) is 15.2. The predicted octanol–water partition coefficient (Wildman–Crippen LogP) is 2.75. The average molecular weight is 373 g/mol. The van der Waals surface area contributed by atoms with Crippen LogP contribution in [0.1, 0.15) is 36.0 Å². The highest BCUT2D eigenvalue weighted by molar-refractivity contribution is 5.98. The van der Waals surface area contributed by atoms with Crippen LogP contribution in [0.15, 0.2) is 30.3 Å². The first-order valence-corrected chi connectivity index (χ1v) is 8.91. The van der Waals surface area contributed by atoms with Gasteiger partial charge < -0.3 is 26.8 Å². The Morgan fingerprint density at radius 3 is 2.74 bits per heavy atom. The molecule has 3 rings (SSSR count). The third-order valence-corrected chi connectivity index (χ3v) is 4.72. The van der Waals surface area contributed by atoms with E-state index in [1.165, 1.54) is 0 Å². The van der Waals surface area contributed by atoms with Gasteiger partial charge in [-0.3, -0.25) is 4.79 Å². The van der Waals surface area contributed by atoms with Crippen LogP contribution in [-0.4, -0.2) is 30.1 Å². The van der Waals surface area contributed by atoms with Crippen molar-refractivity contribution in [2.45, 2.75) is 37.8 Å². The normalized spacial score (nSPS) is 19.4. The topological polar surface area (TPSA) is 115 Å². The SMILES string of the molecule is COc1cccc(Nc2nc(NC3CCCCC3N)c(F)cc2C(N)=O)c1. The fourth-order valence-electron chi connectivity index (χ4n) is 3.23. The number of amides is 1. The number of carbonyl (C=O) groups excluding carboxylic acids is 1. The number of nitrogens with zero attached hydrogens (tertiary/aromatic N) is 1. The number of ether oxygens (including phenoxy) is 1. The molecule has 0 aliphatic heterocycles. The first kappa shape index (κ1) is 18.9. The largest absolute Gasteiger partial charge is 0.497 e. The number of halogens is 1. The van der Waals surface area contributed by atoms with Crippen molar-refractivity contribution in [3.05, 3.63) is 41.7 Å². The molecule has 27 heavy (non-hydrogen) atoms. The van der Waals surface area contributed by atoms with Crippen molar-refractivity contribution >= 4 is 23.2 Å². The molecule has 6 N–H and O–H groups in total. The van der Waals surface area contributed by atoms with Crippen molar-refractivity contribution in [3.8, 4) is 5.75 Å². The molecular formula is C19H24FN5O2. The number of aromatic nitrogens is 1. The van der Waals surface area contributed by atoms with Gasteiger partial charge >= 0.3 is 0 Å². The fraction of sp³-hybridized carbons (Fsp3) is 0.368. The highest BCUT2D eigenvalue weighted by Gasteiger charge is 2.24. The molecule has 0 bridgehead atoms. The second kappa shape index (κ2) is 8.22. The molecule has 0 spiro atoms. The Bertz CT molecular complexity index is 830. The van der Waals surface area contributed by atoms with Gasteiger partial charge in [-0.2, -0.15) is 0 Å². The minimum atomic E-state index is -0.771. The number of benzene rings is 1. The van der Waals surface area contributed by atoms with Gasteiger partial charge in [0, 0.05) is 23.8 Å². The zero-order chi connectivity index (χ0) is 19.4. The minimum Gasteiger partial charge on any atom is -0.497 e. The summed E-state index contributed by atoms with van der Waals surface area (Å²) < 4.78 is 19.7. The van der Waals surface area contributed by atoms with Crippen molar-refractivity contribution < 1.29 is 13.9 Å². The third-order valence-electron chi connectivity index (χ3n) is 4.72. The molecule has 2 aromatic rings. The summed E-state index contributed by atoms with van der Waals surface area (Å²) in [4.78, 5) is 16.0. The highest BCUT2D eigenvalue weighted by atomic mass is 19.1. The molecule has 1 aliphatic carbocycles. The lowest BCUT2D eigenvalue weighted by Crippen LogP contribution is -2.43. The minimum absolute atomic E-state index is 0.0335. The molecule has 1 fully saturated rings. The monoisotopic (exact) mass is 373 g/mol. The van der Waals surface area contributed by atoms with Crippen LogP contribution < -0.4 is 26.8 Å². The Morgan fingerprint density at radius 1 is 1.26 bits per heavy atom. The molecule has 8 heteroatoms. The maximum absolute atomic E-state index is 14.5. The Hall–Kier alpha value is -2.87. The van der Waals surface area contributed by atoms with Crippen molar-refractivity contribution in [3.63, 3.8) is 0 Å². The molecule has 1 aromatic heterocycles. The molecule has 1 aliphatic rings. The second-order valence-corrected chi connectivity index (χ2v) is 6.64. The van der Waals surface area contributed by atoms with Gasteiger partial charge in [0.05, 0.1) is 12.7 Å². The van der Waals surface area contributed by atoms with E-state index in [-0.39, 0.29) is 29.3 Å². The predicted molar refractivity (Wildman–Crippen MR) is 103 cm³/mol. The summed E-state index contributed by atoms with van der Waals surface area (Å²) in [5, 5.41) is 6.10. The maximum Gasteiger partial charge on any atom is 0.252 e. The number of carbonyl (C=O) groups is 1. The van der Waals surface area contributed by atoms with E-state index in [1.807, 2.05) is 0 Å². The quantitative estimate of drug-likeness (QED) is 0.619. The van der Waals surface area contributed by atoms with Gasteiger partial charge in [0.15, 0.2) is 11.6 Å². The van der Waals surface area contributed by atoms with Gasteiger partial charge in [-0.25, -0.2) is 9.37 Å². The number of nitrogens with one attached hydrogen (secondary N) is 2. The van der Waals surface area contributed by atoms with Gasteiger partial charge in [0.2, 0.25) is 0 Å². The molecule has 1 saturated carbocycles. The first-order valence-electron chi connectivity index (χ1n) is 8.91. The molecule has 1 aromatic carbocycles. The molecule has 0 radical (unpaired) electrons. The van der Waals surface area contributed by atoms with E-state index in [2.05, 4.69) is 15.6 Å². The van der Waals surface area contributed by atoms with Crippen LogP contribution in [0.5, 0.6) is 5.75 Å². The van der Waals surface area contributed by atoms with E-state index in [9.17, 15) is 9.18 Å². The molecule has 1 heterocycles. The Labute approximate surface area is 157 Å². The van der Waals surface area contributed by atoms with Crippen molar-refractivity contribution in [1.82, 2.24) is 4.98 Å². The summed E-state index contributed by atoms with van der Waals surface area (Å²) in [5.41, 5.74) is 12.1. The van der Waals surface area contributed by atoms with E-state index < -0.39 is 11.7 Å². The maximum atomic E-state index is 14.5. The van der Waals surface area contributed by atoms with E-state index in [1.54, 1.807) is 31.4 Å². The Balaban J connectivity index is 1.91. The van der Waals surface area contributed by atoms with Crippen molar-refractivity contribution in [2.24, 2.45) is 11.5 Å². The van der Waals surface area contributed by atoms with Crippen LogP contribution in [0, 0.1) is 5.82 Å². The Kier molecular flexibility index (Phi) is 5.75. The number of anilines is 3. The van der Waals surface area contributed by atoms with Crippen LogP contribution in [0.3, 0.4) is 0 Å². The molecule has 7 nitrogen and oxygen atoms in total. The number of methoxy groups -OCH3 is 1. The third kappa shape index (κ3) is 4.46. The molecule has 0 saturated heterocycles. The molecule has 2 atom stereocenters. The van der Waals surface area contributed by atoms with Gasteiger partial charge in [0.25, 0.3) is 5.91 Å². The summed E-state index contributed by atoms with van der Waals surface area (Å²) in [7, 11) is 1.56. The number of primary amides is 1. The summed E-state index contributed by atoms with van der Waals surface area (Å²) in [5.74, 6) is -0.559. The number of hydrogen-bond donors (Lipinski definition) is 4. The Morgan fingerprint density at radius 2 is 2.04 bits per heavy atom. The zero-order valence-electron chi connectivity index (χ0n) is 15.2. The molecule has 2 unspecified atom stereocenters. The smallest absolute Gasteiger partial charge is 0.252 e. The second-order valence-electron chi connectivity index (χ2n) is 6.64. The summed E-state index contributed by atoms with van der Waals surface area (Å²) in [6, 6.07) is 8.05. The number of pyridine rings is 1. The standard InChI is InChI=1S/C19H24FN5O2/c1-27-12-6-4-5-11(9-12)23-18-13(17(22)26)10-14(20)19(25-18)24-16-8-3-2-7-15(16)21/h4-6,9-10,15-16H,2-3,7-8,21H2,1H3,(H2,22,26)(H2,23,24,25).